The number of hydrogen-bond acceptors (Lipinski definition) is 2. The lowest BCUT2D eigenvalue weighted by molar-refractivity contribution is 0.178. The minimum absolute atomic E-state index is 0.483. The molecule has 1 atom stereocenters. The van der Waals surface area contributed by atoms with Crippen molar-refractivity contribution in [2.75, 3.05) is 6.61 Å². The van der Waals surface area contributed by atoms with Gasteiger partial charge in [-0.25, -0.2) is 0 Å². The van der Waals surface area contributed by atoms with E-state index in [4.69, 9.17) is 4.74 Å². The van der Waals surface area contributed by atoms with Crippen molar-refractivity contribution in [1.29, 1.82) is 0 Å². The topological polar surface area (TPSA) is 29.5 Å². The minimum Gasteiger partial charge on any atom is -0.494 e. The van der Waals surface area contributed by atoms with Crippen LogP contribution in [0, 0.1) is 0 Å². The smallest absolute Gasteiger partial charge is 0.119 e. The number of rotatable bonds is 5. The Morgan fingerprint density at radius 2 is 2.27 bits per heavy atom. The fourth-order valence-corrected chi connectivity index (χ4v) is 1.43. The molecular weight excluding hydrogens is 188 g/mol. The van der Waals surface area contributed by atoms with Gasteiger partial charge < -0.3 is 9.84 Å². The van der Waals surface area contributed by atoms with E-state index in [0.29, 0.717) is 13.0 Å². The van der Waals surface area contributed by atoms with Crippen molar-refractivity contribution in [2.45, 2.75) is 26.4 Å². The van der Waals surface area contributed by atoms with E-state index in [-0.39, 0.29) is 0 Å². The van der Waals surface area contributed by atoms with E-state index in [9.17, 15) is 5.11 Å². The summed E-state index contributed by atoms with van der Waals surface area (Å²) in [6.07, 6.45) is 0.109. The second-order valence-electron chi connectivity index (χ2n) is 3.68. The highest BCUT2D eigenvalue weighted by atomic mass is 16.5. The summed E-state index contributed by atoms with van der Waals surface area (Å²) in [5, 5.41) is 9.87. The van der Waals surface area contributed by atoms with E-state index in [2.05, 4.69) is 6.58 Å². The van der Waals surface area contributed by atoms with Crippen LogP contribution in [-0.4, -0.2) is 11.7 Å². The van der Waals surface area contributed by atoms with E-state index in [1.165, 1.54) is 0 Å². The summed E-state index contributed by atoms with van der Waals surface area (Å²) >= 11 is 0. The first kappa shape index (κ1) is 11.8. The normalized spacial score (nSPS) is 12.2. The van der Waals surface area contributed by atoms with Gasteiger partial charge in [-0.3, -0.25) is 0 Å². The first-order valence-electron chi connectivity index (χ1n) is 5.18. The zero-order valence-corrected chi connectivity index (χ0v) is 9.36. The van der Waals surface area contributed by atoms with Crippen LogP contribution in [0.3, 0.4) is 0 Å². The van der Waals surface area contributed by atoms with Crippen molar-refractivity contribution in [3.63, 3.8) is 0 Å². The van der Waals surface area contributed by atoms with Crippen LogP contribution in [0.25, 0.3) is 0 Å². The van der Waals surface area contributed by atoms with Gasteiger partial charge in [-0.2, -0.15) is 0 Å². The monoisotopic (exact) mass is 206 g/mol. The molecule has 0 saturated heterocycles. The second-order valence-corrected chi connectivity index (χ2v) is 3.68. The highest BCUT2D eigenvalue weighted by molar-refractivity contribution is 5.30. The van der Waals surface area contributed by atoms with Gasteiger partial charge in [-0.1, -0.05) is 17.7 Å². The number of benzene rings is 1. The fraction of sp³-hybridized carbons (Fsp3) is 0.385. The number of hydrogen-bond donors (Lipinski definition) is 1. The second kappa shape index (κ2) is 5.56. The van der Waals surface area contributed by atoms with Crippen LogP contribution in [-0.2, 0) is 0 Å². The predicted molar refractivity (Wildman–Crippen MR) is 62.0 cm³/mol. The van der Waals surface area contributed by atoms with Crippen molar-refractivity contribution in [1.82, 2.24) is 0 Å². The molecule has 0 amide bonds. The molecule has 0 aliphatic carbocycles. The van der Waals surface area contributed by atoms with Crippen LogP contribution in [0.5, 0.6) is 5.75 Å². The van der Waals surface area contributed by atoms with Gasteiger partial charge >= 0.3 is 0 Å². The molecule has 0 aliphatic heterocycles. The first-order valence-corrected chi connectivity index (χ1v) is 5.18. The van der Waals surface area contributed by atoms with Crippen LogP contribution < -0.4 is 4.74 Å². The van der Waals surface area contributed by atoms with Gasteiger partial charge in [0.1, 0.15) is 5.75 Å². The molecule has 0 bridgehead atoms. The van der Waals surface area contributed by atoms with E-state index in [1.54, 1.807) is 0 Å². The van der Waals surface area contributed by atoms with Crippen LogP contribution in [0.1, 0.15) is 31.9 Å². The lowest BCUT2D eigenvalue weighted by Crippen LogP contribution is -1.99. The Balaban J connectivity index is 2.75. The molecule has 0 radical (unpaired) electrons. The highest BCUT2D eigenvalue weighted by Crippen LogP contribution is 2.23. The molecule has 0 saturated carbocycles. The first-order chi connectivity index (χ1) is 7.13. The molecule has 1 rings (SSSR count). The largest absolute Gasteiger partial charge is 0.494 e. The predicted octanol–water partition coefficient (Wildman–Crippen LogP) is 3.08. The fourth-order valence-electron chi connectivity index (χ4n) is 1.43. The highest BCUT2D eigenvalue weighted by Gasteiger charge is 2.08. The Labute approximate surface area is 91.2 Å². The Morgan fingerprint density at radius 1 is 1.53 bits per heavy atom. The third kappa shape index (κ3) is 3.76. The minimum atomic E-state index is -0.483. The van der Waals surface area contributed by atoms with Gasteiger partial charge in [-0.05, 0) is 38.0 Å². The quantitative estimate of drug-likeness (QED) is 0.750. The van der Waals surface area contributed by atoms with Crippen molar-refractivity contribution in [2.24, 2.45) is 0 Å². The molecular formula is C13H18O2. The summed E-state index contributed by atoms with van der Waals surface area (Å²) in [5.74, 6) is 0.802. The zero-order valence-electron chi connectivity index (χ0n) is 9.36. The third-order valence-electron chi connectivity index (χ3n) is 2.10. The van der Waals surface area contributed by atoms with E-state index < -0.39 is 6.10 Å². The molecule has 0 spiro atoms. The summed E-state index contributed by atoms with van der Waals surface area (Å²) in [7, 11) is 0. The molecule has 1 aromatic carbocycles. The SMILES string of the molecule is C=C(C)CC(O)c1cccc(OCC)c1. The van der Waals surface area contributed by atoms with Crippen LogP contribution >= 0.6 is 0 Å². The number of aliphatic hydroxyl groups is 1. The van der Waals surface area contributed by atoms with Crippen LogP contribution in [0.15, 0.2) is 36.4 Å². The van der Waals surface area contributed by atoms with Crippen molar-refractivity contribution >= 4 is 0 Å². The molecule has 1 N–H and O–H groups in total. The molecule has 15 heavy (non-hydrogen) atoms. The van der Waals surface area contributed by atoms with Gasteiger partial charge in [-0.15, -0.1) is 6.58 Å². The Bertz CT molecular complexity index is 331. The van der Waals surface area contributed by atoms with E-state index in [1.807, 2.05) is 38.1 Å². The maximum Gasteiger partial charge on any atom is 0.119 e. The summed E-state index contributed by atoms with van der Waals surface area (Å²) in [4.78, 5) is 0. The van der Waals surface area contributed by atoms with E-state index in [0.717, 1.165) is 16.9 Å². The van der Waals surface area contributed by atoms with Crippen molar-refractivity contribution in [3.05, 3.63) is 42.0 Å². The summed E-state index contributed by atoms with van der Waals surface area (Å²) in [5.41, 5.74) is 1.85. The molecule has 2 heteroatoms. The molecule has 0 aromatic heterocycles. The van der Waals surface area contributed by atoms with Gasteiger partial charge in [0.15, 0.2) is 0 Å². The lowest BCUT2D eigenvalue weighted by atomic mass is 10.0. The molecule has 0 fully saturated rings. The van der Waals surface area contributed by atoms with Crippen LogP contribution in [0.4, 0.5) is 0 Å². The summed E-state index contributed by atoms with van der Waals surface area (Å²) in [6.45, 7) is 8.28. The number of ether oxygens (including phenoxy) is 1. The van der Waals surface area contributed by atoms with Crippen molar-refractivity contribution in [3.8, 4) is 5.75 Å². The average molecular weight is 206 g/mol. The van der Waals surface area contributed by atoms with Gasteiger partial charge in [0.25, 0.3) is 0 Å². The average Bonchev–Trinajstić information content (AvgIpc) is 2.17. The number of aliphatic hydroxyl groups excluding tert-OH is 1. The molecule has 1 unspecified atom stereocenters. The summed E-state index contributed by atoms with van der Waals surface area (Å²) in [6, 6.07) is 7.55. The molecule has 0 heterocycles. The van der Waals surface area contributed by atoms with Crippen LogP contribution in [0.2, 0.25) is 0 Å². The zero-order chi connectivity index (χ0) is 11.3. The van der Waals surface area contributed by atoms with Crippen molar-refractivity contribution < 1.29 is 9.84 Å². The molecule has 1 aromatic rings. The molecule has 0 aliphatic rings. The maximum absolute atomic E-state index is 9.87. The van der Waals surface area contributed by atoms with Gasteiger partial charge in [0.05, 0.1) is 12.7 Å². The standard InChI is InChI=1S/C13H18O2/c1-4-15-12-7-5-6-11(9-12)13(14)8-10(2)3/h5-7,9,13-14H,2,4,8H2,1,3H3. The molecule has 82 valence electrons. The lowest BCUT2D eigenvalue weighted by Gasteiger charge is -2.12. The Hall–Kier alpha value is -1.28. The van der Waals surface area contributed by atoms with Gasteiger partial charge in [0, 0.05) is 0 Å². The van der Waals surface area contributed by atoms with E-state index >= 15 is 0 Å². The maximum atomic E-state index is 9.87. The Kier molecular flexibility index (Phi) is 4.37. The Morgan fingerprint density at radius 3 is 2.87 bits per heavy atom. The van der Waals surface area contributed by atoms with Gasteiger partial charge in [0.2, 0.25) is 0 Å². The molecule has 2 nitrogen and oxygen atoms in total. The third-order valence-corrected chi connectivity index (χ3v) is 2.10. The summed E-state index contributed by atoms with van der Waals surface area (Å²) < 4.78 is 5.37.